The first-order chi connectivity index (χ1) is 11.2. The van der Waals surface area contributed by atoms with Crippen molar-refractivity contribution in [1.82, 2.24) is 9.21 Å². The van der Waals surface area contributed by atoms with Crippen molar-refractivity contribution in [2.45, 2.75) is 13.0 Å². The SMILES string of the molecule is CC(C(=O)Nc1cccc([N+](=O)[O-])c1)N1CCN(S(C)(=O)=O)CC1. The second-order valence-electron chi connectivity index (χ2n) is 5.67. The van der Waals surface area contributed by atoms with E-state index < -0.39 is 21.0 Å². The lowest BCUT2D eigenvalue weighted by atomic mass is 10.2. The maximum Gasteiger partial charge on any atom is 0.271 e. The van der Waals surface area contributed by atoms with Gasteiger partial charge in [-0.25, -0.2) is 8.42 Å². The quantitative estimate of drug-likeness (QED) is 0.607. The molecule has 0 bridgehead atoms. The van der Waals surface area contributed by atoms with E-state index in [1.165, 1.54) is 28.8 Å². The molecule has 1 amide bonds. The minimum atomic E-state index is -3.21. The van der Waals surface area contributed by atoms with Crippen LogP contribution in [0.15, 0.2) is 24.3 Å². The van der Waals surface area contributed by atoms with Crippen LogP contribution in [-0.4, -0.2) is 66.9 Å². The fraction of sp³-hybridized carbons (Fsp3) is 0.500. The minimum absolute atomic E-state index is 0.0952. The topological polar surface area (TPSA) is 113 Å². The first-order valence-corrected chi connectivity index (χ1v) is 9.28. The third-order valence-electron chi connectivity index (χ3n) is 3.99. The number of rotatable bonds is 5. The van der Waals surface area contributed by atoms with Gasteiger partial charge in [-0.3, -0.25) is 19.8 Å². The number of carbonyl (C=O) groups is 1. The van der Waals surface area contributed by atoms with Crippen LogP contribution in [0.4, 0.5) is 11.4 Å². The Kier molecular flexibility index (Phi) is 5.52. The molecule has 0 spiro atoms. The molecule has 10 heteroatoms. The zero-order chi connectivity index (χ0) is 17.9. The van der Waals surface area contributed by atoms with Gasteiger partial charge in [0.25, 0.3) is 5.69 Å². The Labute approximate surface area is 140 Å². The Balaban J connectivity index is 1.96. The van der Waals surface area contributed by atoms with E-state index in [0.29, 0.717) is 31.9 Å². The summed E-state index contributed by atoms with van der Waals surface area (Å²) >= 11 is 0. The van der Waals surface area contributed by atoms with Gasteiger partial charge in [0.1, 0.15) is 0 Å². The third-order valence-corrected chi connectivity index (χ3v) is 5.30. The number of nitrogens with one attached hydrogen (secondary N) is 1. The monoisotopic (exact) mass is 356 g/mol. The van der Waals surface area contributed by atoms with Crippen LogP contribution in [0, 0.1) is 10.1 Å². The molecule has 1 aliphatic heterocycles. The lowest BCUT2D eigenvalue weighted by Crippen LogP contribution is -2.53. The highest BCUT2D eigenvalue weighted by Crippen LogP contribution is 2.18. The highest BCUT2D eigenvalue weighted by Gasteiger charge is 2.28. The highest BCUT2D eigenvalue weighted by molar-refractivity contribution is 7.88. The second-order valence-corrected chi connectivity index (χ2v) is 7.65. The second kappa shape index (κ2) is 7.24. The number of nitro groups is 1. The highest BCUT2D eigenvalue weighted by atomic mass is 32.2. The van der Waals surface area contributed by atoms with E-state index in [9.17, 15) is 23.3 Å². The Morgan fingerprint density at radius 2 is 1.92 bits per heavy atom. The van der Waals surface area contributed by atoms with E-state index in [1.54, 1.807) is 13.0 Å². The van der Waals surface area contributed by atoms with E-state index >= 15 is 0 Å². The maximum absolute atomic E-state index is 12.3. The Morgan fingerprint density at radius 1 is 1.29 bits per heavy atom. The van der Waals surface area contributed by atoms with E-state index in [4.69, 9.17) is 0 Å². The third kappa shape index (κ3) is 4.49. The molecule has 0 saturated carbocycles. The molecular weight excluding hydrogens is 336 g/mol. The summed E-state index contributed by atoms with van der Waals surface area (Å²) in [6.45, 7) is 3.32. The molecule has 1 N–H and O–H groups in total. The van der Waals surface area contributed by atoms with Crippen LogP contribution < -0.4 is 5.32 Å². The molecular formula is C14H20N4O5S. The molecule has 0 aromatic heterocycles. The summed E-state index contributed by atoms with van der Waals surface area (Å²) < 4.78 is 24.4. The van der Waals surface area contributed by atoms with Gasteiger partial charge in [0.2, 0.25) is 15.9 Å². The zero-order valence-electron chi connectivity index (χ0n) is 13.5. The Morgan fingerprint density at radius 3 is 2.46 bits per heavy atom. The largest absolute Gasteiger partial charge is 0.324 e. The molecule has 1 aromatic carbocycles. The van der Waals surface area contributed by atoms with Crippen molar-refractivity contribution >= 4 is 27.3 Å². The molecule has 1 saturated heterocycles. The lowest BCUT2D eigenvalue weighted by Gasteiger charge is -2.36. The van der Waals surface area contributed by atoms with Crippen molar-refractivity contribution in [1.29, 1.82) is 0 Å². The van der Waals surface area contributed by atoms with Crippen LogP contribution in [0.1, 0.15) is 6.92 Å². The maximum atomic E-state index is 12.3. The van der Waals surface area contributed by atoms with E-state index in [1.807, 2.05) is 4.90 Å². The molecule has 1 unspecified atom stereocenters. The molecule has 1 heterocycles. The van der Waals surface area contributed by atoms with Crippen molar-refractivity contribution in [2.24, 2.45) is 0 Å². The van der Waals surface area contributed by atoms with Crippen LogP contribution in [0.3, 0.4) is 0 Å². The number of benzene rings is 1. The van der Waals surface area contributed by atoms with Crippen molar-refractivity contribution < 1.29 is 18.1 Å². The van der Waals surface area contributed by atoms with E-state index in [-0.39, 0.29) is 11.6 Å². The first-order valence-electron chi connectivity index (χ1n) is 7.43. The van der Waals surface area contributed by atoms with Crippen LogP contribution >= 0.6 is 0 Å². The molecule has 0 aliphatic carbocycles. The average molecular weight is 356 g/mol. The number of amides is 1. The predicted octanol–water partition coefficient (Wildman–Crippen LogP) is 0.499. The zero-order valence-corrected chi connectivity index (χ0v) is 14.3. The molecule has 24 heavy (non-hydrogen) atoms. The average Bonchev–Trinajstić information content (AvgIpc) is 2.53. The minimum Gasteiger partial charge on any atom is -0.324 e. The van der Waals surface area contributed by atoms with Crippen molar-refractivity contribution in [3.05, 3.63) is 34.4 Å². The summed E-state index contributed by atoms with van der Waals surface area (Å²) in [4.78, 5) is 24.4. The smallest absolute Gasteiger partial charge is 0.271 e. The summed E-state index contributed by atoms with van der Waals surface area (Å²) in [5, 5.41) is 13.4. The number of hydrogen-bond acceptors (Lipinski definition) is 6. The molecule has 1 aliphatic rings. The summed E-state index contributed by atoms with van der Waals surface area (Å²) in [5.41, 5.74) is 0.262. The number of nitrogens with zero attached hydrogens (tertiary/aromatic N) is 3. The van der Waals surface area contributed by atoms with Gasteiger partial charge in [-0.15, -0.1) is 0 Å². The Hall–Kier alpha value is -2.04. The number of hydrogen-bond donors (Lipinski definition) is 1. The van der Waals surface area contributed by atoms with Crippen LogP contribution in [0.25, 0.3) is 0 Å². The van der Waals surface area contributed by atoms with Crippen LogP contribution in [0.2, 0.25) is 0 Å². The van der Waals surface area contributed by atoms with Crippen LogP contribution in [-0.2, 0) is 14.8 Å². The fourth-order valence-electron chi connectivity index (χ4n) is 2.53. The lowest BCUT2D eigenvalue weighted by molar-refractivity contribution is -0.384. The summed E-state index contributed by atoms with van der Waals surface area (Å²) in [6.07, 6.45) is 1.17. The van der Waals surface area contributed by atoms with Gasteiger partial charge < -0.3 is 5.32 Å². The molecule has 132 valence electrons. The van der Waals surface area contributed by atoms with Crippen molar-refractivity contribution in [3.63, 3.8) is 0 Å². The fourth-order valence-corrected chi connectivity index (χ4v) is 3.36. The van der Waals surface area contributed by atoms with Gasteiger partial charge >= 0.3 is 0 Å². The van der Waals surface area contributed by atoms with E-state index in [0.717, 1.165) is 0 Å². The van der Waals surface area contributed by atoms with Gasteiger partial charge in [-0.05, 0) is 13.0 Å². The number of piperazine rings is 1. The predicted molar refractivity (Wildman–Crippen MR) is 89.2 cm³/mol. The van der Waals surface area contributed by atoms with Crippen molar-refractivity contribution in [3.8, 4) is 0 Å². The Bertz CT molecular complexity index is 728. The van der Waals surface area contributed by atoms with Crippen LogP contribution in [0.5, 0.6) is 0 Å². The number of anilines is 1. The van der Waals surface area contributed by atoms with Gasteiger partial charge in [-0.2, -0.15) is 4.31 Å². The number of sulfonamides is 1. The number of nitro benzene ring substituents is 1. The van der Waals surface area contributed by atoms with Gasteiger partial charge in [0.15, 0.2) is 0 Å². The molecule has 2 rings (SSSR count). The normalized spacial score (nSPS) is 18.1. The number of non-ortho nitro benzene ring substituents is 1. The molecule has 1 atom stereocenters. The molecule has 1 fully saturated rings. The van der Waals surface area contributed by atoms with Gasteiger partial charge in [0.05, 0.1) is 17.2 Å². The van der Waals surface area contributed by atoms with E-state index in [2.05, 4.69) is 5.32 Å². The summed E-state index contributed by atoms with van der Waals surface area (Å²) in [6, 6.07) is 5.27. The van der Waals surface area contributed by atoms with Crippen molar-refractivity contribution in [2.75, 3.05) is 37.8 Å². The molecule has 0 radical (unpaired) electrons. The molecule has 1 aromatic rings. The standard InChI is InChI=1S/C14H20N4O5S/c1-11(16-6-8-17(9-7-16)24(2,22)23)14(19)15-12-4-3-5-13(10-12)18(20)21/h3-5,10-11H,6-9H2,1-2H3,(H,15,19). The molecule has 9 nitrogen and oxygen atoms in total. The van der Waals surface area contributed by atoms with Gasteiger partial charge in [-0.1, -0.05) is 6.07 Å². The number of carbonyl (C=O) groups excluding carboxylic acids is 1. The summed E-state index contributed by atoms with van der Waals surface area (Å²) in [7, 11) is -3.21. The summed E-state index contributed by atoms with van der Waals surface area (Å²) in [5.74, 6) is -0.289. The van der Waals surface area contributed by atoms with Gasteiger partial charge in [0, 0.05) is 44.0 Å². The first kappa shape index (κ1) is 18.3.